The van der Waals surface area contributed by atoms with Crippen molar-refractivity contribution in [3.05, 3.63) is 35.9 Å². The van der Waals surface area contributed by atoms with Crippen LogP contribution in [0.3, 0.4) is 0 Å². The monoisotopic (exact) mass is 211 g/mol. The van der Waals surface area contributed by atoms with E-state index in [1.807, 2.05) is 30.3 Å². The Balaban J connectivity index is 2.17. The van der Waals surface area contributed by atoms with Crippen LogP contribution in [0.4, 0.5) is 0 Å². The summed E-state index contributed by atoms with van der Waals surface area (Å²) in [6.07, 6.45) is 1.42. The third-order valence-electron chi connectivity index (χ3n) is 2.85. The lowest BCUT2D eigenvalue weighted by Crippen LogP contribution is -2.38. The van der Waals surface area contributed by atoms with E-state index in [4.69, 9.17) is 11.8 Å². The Hall–Kier alpha value is -0.570. The van der Waals surface area contributed by atoms with Crippen LogP contribution in [-0.4, -0.2) is 22.6 Å². The van der Waals surface area contributed by atoms with Crippen LogP contribution < -0.4 is 0 Å². The zero-order chi connectivity index (χ0) is 10.0. The lowest BCUT2D eigenvalue weighted by atomic mass is 9.85. The maximum Gasteiger partial charge on any atom is 0.0921 e. The van der Waals surface area contributed by atoms with Gasteiger partial charge in [-0.1, -0.05) is 30.3 Å². The second-order valence-electron chi connectivity index (χ2n) is 3.81. The average molecular weight is 212 g/mol. The topological polar surface area (TPSA) is 23.5 Å². The Bertz CT molecular complexity index is 293. The maximum atomic E-state index is 10.4. The molecule has 2 rings (SSSR count). The summed E-state index contributed by atoms with van der Waals surface area (Å²) in [5.74, 6) is 0. The first-order valence-electron chi connectivity index (χ1n) is 4.89. The molecule has 0 aromatic heterocycles. The minimum absolute atomic E-state index is 0.674. The van der Waals surface area contributed by atoms with Gasteiger partial charge in [-0.15, -0.1) is 0 Å². The molecular formula is C11H14ClNO. The molecule has 1 aromatic rings. The van der Waals surface area contributed by atoms with Gasteiger partial charge in [0.15, 0.2) is 0 Å². The molecule has 1 saturated heterocycles. The summed E-state index contributed by atoms with van der Waals surface area (Å²) in [7, 11) is 0. The number of piperidine rings is 1. The highest BCUT2D eigenvalue weighted by Gasteiger charge is 2.33. The van der Waals surface area contributed by atoms with Gasteiger partial charge in [-0.3, -0.25) is 0 Å². The largest absolute Gasteiger partial charge is 0.385 e. The molecule has 0 unspecified atom stereocenters. The second-order valence-corrected chi connectivity index (χ2v) is 4.29. The highest BCUT2D eigenvalue weighted by molar-refractivity contribution is 6.13. The summed E-state index contributed by atoms with van der Waals surface area (Å²) < 4.78 is 1.73. The summed E-state index contributed by atoms with van der Waals surface area (Å²) in [5.41, 5.74) is 0.330. The fourth-order valence-corrected chi connectivity index (χ4v) is 2.06. The Kier molecular flexibility index (Phi) is 2.77. The molecule has 0 radical (unpaired) electrons. The fourth-order valence-electron chi connectivity index (χ4n) is 1.89. The first kappa shape index (κ1) is 9.97. The van der Waals surface area contributed by atoms with Crippen LogP contribution in [0.1, 0.15) is 18.4 Å². The number of benzene rings is 1. The molecule has 1 heterocycles. The van der Waals surface area contributed by atoms with Gasteiger partial charge in [0.05, 0.1) is 5.60 Å². The molecule has 3 heteroatoms. The van der Waals surface area contributed by atoms with Gasteiger partial charge >= 0.3 is 0 Å². The van der Waals surface area contributed by atoms with Gasteiger partial charge in [-0.05, 0) is 30.2 Å². The summed E-state index contributed by atoms with van der Waals surface area (Å²) in [6.45, 7) is 1.49. The van der Waals surface area contributed by atoms with Crippen LogP contribution >= 0.6 is 11.8 Å². The quantitative estimate of drug-likeness (QED) is 0.720. The van der Waals surface area contributed by atoms with Crippen molar-refractivity contribution in [3.63, 3.8) is 0 Å². The van der Waals surface area contributed by atoms with Crippen molar-refractivity contribution in [2.24, 2.45) is 0 Å². The summed E-state index contributed by atoms with van der Waals surface area (Å²) in [6, 6.07) is 9.83. The van der Waals surface area contributed by atoms with Gasteiger partial charge in [-0.25, -0.2) is 4.42 Å². The van der Waals surface area contributed by atoms with Crippen LogP contribution in [0, 0.1) is 0 Å². The van der Waals surface area contributed by atoms with Crippen molar-refractivity contribution in [3.8, 4) is 0 Å². The minimum Gasteiger partial charge on any atom is -0.385 e. The van der Waals surface area contributed by atoms with Crippen molar-refractivity contribution in [2.45, 2.75) is 18.4 Å². The van der Waals surface area contributed by atoms with E-state index in [0.717, 1.165) is 18.7 Å². The molecule has 0 atom stereocenters. The number of aliphatic hydroxyl groups is 1. The Morgan fingerprint density at radius 1 is 1.14 bits per heavy atom. The van der Waals surface area contributed by atoms with E-state index in [9.17, 15) is 5.11 Å². The number of rotatable bonds is 1. The van der Waals surface area contributed by atoms with E-state index < -0.39 is 5.60 Å². The highest BCUT2D eigenvalue weighted by atomic mass is 35.5. The summed E-state index contributed by atoms with van der Waals surface area (Å²) in [4.78, 5) is 0. The fraction of sp³-hybridized carbons (Fsp3) is 0.455. The predicted octanol–water partition coefficient (Wildman–Crippen LogP) is 2.12. The van der Waals surface area contributed by atoms with Gasteiger partial charge in [-0.2, -0.15) is 0 Å². The van der Waals surface area contributed by atoms with Crippen LogP contribution in [0.25, 0.3) is 0 Å². The SMILES string of the molecule is OC1(c2ccccc2)CCN(Cl)CC1. The zero-order valence-electron chi connectivity index (χ0n) is 7.99. The maximum absolute atomic E-state index is 10.4. The lowest BCUT2D eigenvalue weighted by molar-refractivity contribution is -0.00943. The molecule has 1 N–H and O–H groups in total. The van der Waals surface area contributed by atoms with Gasteiger partial charge in [0.25, 0.3) is 0 Å². The molecule has 0 amide bonds. The van der Waals surface area contributed by atoms with E-state index in [2.05, 4.69) is 0 Å². The molecule has 0 bridgehead atoms. The van der Waals surface area contributed by atoms with Crippen molar-refractivity contribution in [1.82, 2.24) is 4.42 Å². The van der Waals surface area contributed by atoms with Crippen LogP contribution in [0.2, 0.25) is 0 Å². The summed E-state index contributed by atoms with van der Waals surface area (Å²) in [5, 5.41) is 10.4. The summed E-state index contributed by atoms with van der Waals surface area (Å²) >= 11 is 5.85. The Morgan fingerprint density at radius 2 is 1.71 bits per heavy atom. The van der Waals surface area contributed by atoms with Crippen molar-refractivity contribution >= 4 is 11.8 Å². The first-order valence-corrected chi connectivity index (χ1v) is 5.23. The number of halogens is 1. The van der Waals surface area contributed by atoms with Gasteiger partial charge in [0.1, 0.15) is 0 Å². The third kappa shape index (κ3) is 1.92. The van der Waals surface area contributed by atoms with E-state index in [-0.39, 0.29) is 0 Å². The van der Waals surface area contributed by atoms with Gasteiger partial charge in [0, 0.05) is 13.1 Å². The van der Waals surface area contributed by atoms with Gasteiger partial charge < -0.3 is 5.11 Å². The highest BCUT2D eigenvalue weighted by Crippen LogP contribution is 2.32. The first-order chi connectivity index (χ1) is 6.71. The molecule has 1 aliphatic heterocycles. The molecule has 76 valence electrons. The van der Waals surface area contributed by atoms with Crippen molar-refractivity contribution in [1.29, 1.82) is 0 Å². The number of hydrogen-bond acceptors (Lipinski definition) is 2. The molecule has 14 heavy (non-hydrogen) atoms. The molecular weight excluding hydrogens is 198 g/mol. The second kappa shape index (κ2) is 3.89. The van der Waals surface area contributed by atoms with Crippen molar-refractivity contribution < 1.29 is 5.11 Å². The van der Waals surface area contributed by atoms with Crippen LogP contribution in [0.5, 0.6) is 0 Å². The third-order valence-corrected chi connectivity index (χ3v) is 3.19. The van der Waals surface area contributed by atoms with Crippen molar-refractivity contribution in [2.75, 3.05) is 13.1 Å². The standard InChI is InChI=1S/C11H14ClNO/c12-13-8-6-11(14,7-9-13)10-4-2-1-3-5-10/h1-5,14H,6-9H2. The molecule has 0 spiro atoms. The minimum atomic E-state index is -0.674. The smallest absolute Gasteiger partial charge is 0.0921 e. The molecule has 1 fully saturated rings. The molecule has 0 saturated carbocycles. The lowest BCUT2D eigenvalue weighted by Gasteiger charge is -2.35. The molecule has 1 aliphatic rings. The molecule has 2 nitrogen and oxygen atoms in total. The Morgan fingerprint density at radius 3 is 2.29 bits per heavy atom. The Labute approximate surface area is 89.2 Å². The van der Waals surface area contributed by atoms with Crippen LogP contribution in [0.15, 0.2) is 30.3 Å². The molecule has 0 aliphatic carbocycles. The van der Waals surface area contributed by atoms with Crippen LogP contribution in [-0.2, 0) is 5.60 Å². The van der Waals surface area contributed by atoms with E-state index in [1.165, 1.54) is 0 Å². The molecule has 1 aromatic carbocycles. The average Bonchev–Trinajstić information content (AvgIpc) is 2.24. The van der Waals surface area contributed by atoms with E-state index >= 15 is 0 Å². The van der Waals surface area contributed by atoms with E-state index in [1.54, 1.807) is 4.42 Å². The zero-order valence-corrected chi connectivity index (χ0v) is 8.74. The number of hydrogen-bond donors (Lipinski definition) is 1. The van der Waals surface area contributed by atoms with E-state index in [0.29, 0.717) is 12.8 Å². The predicted molar refractivity (Wildman–Crippen MR) is 57.0 cm³/mol. The number of nitrogens with zero attached hydrogens (tertiary/aromatic N) is 1. The van der Waals surface area contributed by atoms with Gasteiger partial charge in [0.2, 0.25) is 0 Å². The normalized spacial score (nSPS) is 22.1.